The zero-order chi connectivity index (χ0) is 15.5. The lowest BCUT2D eigenvalue weighted by Crippen LogP contribution is -2.08. The first-order valence-corrected chi connectivity index (χ1v) is 6.79. The Balaban J connectivity index is 2.03. The molecule has 1 heterocycles. The minimum Gasteiger partial charge on any atom is -0.496 e. The lowest BCUT2D eigenvalue weighted by atomic mass is 10.0. The molecule has 0 saturated heterocycles. The maximum absolute atomic E-state index is 12.7. The lowest BCUT2D eigenvalue weighted by Gasteiger charge is -2.07. The molecule has 0 fully saturated rings. The van der Waals surface area contributed by atoms with Crippen LogP contribution in [0.15, 0.2) is 60.8 Å². The Morgan fingerprint density at radius 2 is 1.73 bits per heavy atom. The van der Waals surface area contributed by atoms with E-state index in [-0.39, 0.29) is 5.78 Å². The molecule has 1 aromatic heterocycles. The van der Waals surface area contributed by atoms with E-state index in [0.717, 1.165) is 5.69 Å². The van der Waals surface area contributed by atoms with Gasteiger partial charge in [0.05, 0.1) is 30.1 Å². The summed E-state index contributed by atoms with van der Waals surface area (Å²) in [5.41, 5.74) is 7.73. The minimum atomic E-state index is -0.211. The third kappa shape index (κ3) is 2.33. The van der Waals surface area contributed by atoms with Crippen LogP contribution in [0.5, 0.6) is 5.75 Å². The molecule has 22 heavy (non-hydrogen) atoms. The zero-order valence-corrected chi connectivity index (χ0v) is 12.1. The maximum Gasteiger partial charge on any atom is 0.202 e. The molecule has 3 aromatic rings. The number of nitrogens with two attached hydrogens (primary N) is 1. The van der Waals surface area contributed by atoms with E-state index in [4.69, 9.17) is 10.5 Å². The molecule has 2 N–H and O–H groups in total. The van der Waals surface area contributed by atoms with Gasteiger partial charge in [0.2, 0.25) is 5.78 Å². The maximum atomic E-state index is 12.7. The second-order valence-electron chi connectivity index (χ2n) is 4.72. The van der Waals surface area contributed by atoms with Crippen LogP contribution in [0.2, 0.25) is 0 Å². The van der Waals surface area contributed by atoms with E-state index in [1.54, 1.807) is 22.9 Å². The van der Waals surface area contributed by atoms with Crippen molar-refractivity contribution in [2.24, 2.45) is 0 Å². The number of nitrogen functional groups attached to an aromatic ring is 1. The van der Waals surface area contributed by atoms with Crippen LogP contribution >= 0.6 is 0 Å². The van der Waals surface area contributed by atoms with Crippen molar-refractivity contribution in [1.82, 2.24) is 9.78 Å². The molecule has 110 valence electrons. The summed E-state index contributed by atoms with van der Waals surface area (Å²) < 4.78 is 6.77. The summed E-state index contributed by atoms with van der Waals surface area (Å²) in [4.78, 5) is 12.7. The number of methoxy groups -OCH3 is 1. The quantitative estimate of drug-likeness (QED) is 0.751. The fourth-order valence-electron chi connectivity index (χ4n) is 2.29. The second kappa shape index (κ2) is 5.73. The van der Waals surface area contributed by atoms with E-state index < -0.39 is 0 Å². The number of anilines is 1. The van der Waals surface area contributed by atoms with Gasteiger partial charge in [-0.15, -0.1) is 0 Å². The van der Waals surface area contributed by atoms with Gasteiger partial charge in [-0.25, -0.2) is 4.68 Å². The van der Waals surface area contributed by atoms with Gasteiger partial charge in [-0.2, -0.15) is 5.10 Å². The molecule has 0 bridgehead atoms. The number of ether oxygens (including phenoxy) is 1. The van der Waals surface area contributed by atoms with E-state index >= 15 is 0 Å². The Morgan fingerprint density at radius 3 is 2.45 bits per heavy atom. The lowest BCUT2D eigenvalue weighted by molar-refractivity contribution is 0.103. The fourth-order valence-corrected chi connectivity index (χ4v) is 2.29. The summed E-state index contributed by atoms with van der Waals surface area (Å²) in [6.07, 6.45) is 1.48. The van der Waals surface area contributed by atoms with Crippen molar-refractivity contribution in [3.63, 3.8) is 0 Å². The van der Waals surface area contributed by atoms with Crippen molar-refractivity contribution >= 4 is 11.6 Å². The SMILES string of the molecule is COc1ccccc1C(=O)c1cnn(-c2ccccc2)c1N. The Kier molecular flexibility index (Phi) is 3.62. The number of carbonyl (C=O) groups excluding carboxylic acids is 1. The first kappa shape index (κ1) is 13.9. The van der Waals surface area contributed by atoms with Gasteiger partial charge < -0.3 is 10.5 Å². The summed E-state index contributed by atoms with van der Waals surface area (Å²) in [7, 11) is 1.53. The zero-order valence-electron chi connectivity index (χ0n) is 12.1. The number of carbonyl (C=O) groups is 1. The number of ketones is 1. The molecule has 0 spiro atoms. The summed E-state index contributed by atoms with van der Waals surface area (Å²) in [6, 6.07) is 16.5. The van der Waals surface area contributed by atoms with E-state index in [9.17, 15) is 4.79 Å². The average Bonchev–Trinajstić information content (AvgIpc) is 2.96. The number of para-hydroxylation sites is 2. The molecule has 0 aliphatic rings. The molecule has 0 amide bonds. The Bertz CT molecular complexity index is 810. The van der Waals surface area contributed by atoms with Gasteiger partial charge in [-0.3, -0.25) is 4.79 Å². The van der Waals surface area contributed by atoms with Crippen LogP contribution in [0.3, 0.4) is 0 Å². The van der Waals surface area contributed by atoms with Gasteiger partial charge in [-0.1, -0.05) is 30.3 Å². The highest BCUT2D eigenvalue weighted by molar-refractivity contribution is 6.13. The van der Waals surface area contributed by atoms with Gasteiger partial charge in [0.15, 0.2) is 0 Å². The molecule has 2 aromatic carbocycles. The first-order valence-electron chi connectivity index (χ1n) is 6.79. The van der Waals surface area contributed by atoms with Crippen LogP contribution in [0, 0.1) is 0 Å². The third-order valence-electron chi connectivity index (χ3n) is 3.40. The van der Waals surface area contributed by atoms with E-state index in [2.05, 4.69) is 5.10 Å². The summed E-state index contributed by atoms with van der Waals surface area (Å²) >= 11 is 0. The van der Waals surface area contributed by atoms with Crippen LogP contribution in [0.4, 0.5) is 5.82 Å². The molecule has 0 saturated carbocycles. The highest BCUT2D eigenvalue weighted by Gasteiger charge is 2.20. The van der Waals surface area contributed by atoms with Crippen LogP contribution in [-0.2, 0) is 0 Å². The number of rotatable bonds is 4. The van der Waals surface area contributed by atoms with Crippen molar-refractivity contribution in [3.8, 4) is 11.4 Å². The van der Waals surface area contributed by atoms with Crippen molar-refractivity contribution in [2.75, 3.05) is 12.8 Å². The van der Waals surface area contributed by atoms with Crippen molar-refractivity contribution in [1.29, 1.82) is 0 Å². The summed E-state index contributed by atoms with van der Waals surface area (Å²) in [6.45, 7) is 0. The van der Waals surface area contributed by atoms with Crippen molar-refractivity contribution in [3.05, 3.63) is 71.9 Å². The smallest absolute Gasteiger partial charge is 0.202 e. The van der Waals surface area contributed by atoms with Crippen LogP contribution in [0.25, 0.3) is 5.69 Å². The topological polar surface area (TPSA) is 70.1 Å². The normalized spacial score (nSPS) is 10.4. The number of hydrogen-bond acceptors (Lipinski definition) is 4. The standard InChI is InChI=1S/C17H15N3O2/c1-22-15-10-6-5-9-13(15)16(21)14-11-19-20(17(14)18)12-7-3-2-4-8-12/h2-11H,18H2,1H3. The molecular weight excluding hydrogens is 278 g/mol. The molecule has 0 aliphatic carbocycles. The predicted octanol–water partition coefficient (Wildman–Crippen LogP) is 2.69. The Morgan fingerprint density at radius 1 is 1.05 bits per heavy atom. The van der Waals surface area contributed by atoms with Crippen molar-refractivity contribution < 1.29 is 9.53 Å². The average molecular weight is 293 g/mol. The van der Waals surface area contributed by atoms with Gasteiger partial charge in [0.25, 0.3) is 0 Å². The Labute approximate surface area is 127 Å². The van der Waals surface area contributed by atoms with Gasteiger partial charge >= 0.3 is 0 Å². The molecule has 0 atom stereocenters. The van der Waals surface area contributed by atoms with E-state index in [1.807, 2.05) is 36.4 Å². The largest absolute Gasteiger partial charge is 0.496 e. The molecule has 0 unspecified atom stereocenters. The van der Waals surface area contributed by atoms with Crippen molar-refractivity contribution in [2.45, 2.75) is 0 Å². The second-order valence-corrected chi connectivity index (χ2v) is 4.72. The van der Waals surface area contributed by atoms with Crippen LogP contribution in [0.1, 0.15) is 15.9 Å². The van der Waals surface area contributed by atoms with E-state index in [0.29, 0.717) is 22.7 Å². The molecule has 5 heteroatoms. The van der Waals surface area contributed by atoms with Crippen LogP contribution < -0.4 is 10.5 Å². The number of hydrogen-bond donors (Lipinski definition) is 1. The van der Waals surface area contributed by atoms with Gasteiger partial charge in [-0.05, 0) is 24.3 Å². The monoisotopic (exact) mass is 293 g/mol. The third-order valence-corrected chi connectivity index (χ3v) is 3.40. The molecular formula is C17H15N3O2. The first-order chi connectivity index (χ1) is 10.7. The number of aromatic nitrogens is 2. The highest BCUT2D eigenvalue weighted by Crippen LogP contribution is 2.25. The molecule has 0 radical (unpaired) electrons. The predicted molar refractivity (Wildman–Crippen MR) is 84.4 cm³/mol. The summed E-state index contributed by atoms with van der Waals surface area (Å²) in [5, 5.41) is 4.22. The van der Waals surface area contributed by atoms with Gasteiger partial charge in [0, 0.05) is 0 Å². The minimum absolute atomic E-state index is 0.211. The molecule has 3 rings (SSSR count). The van der Waals surface area contributed by atoms with Crippen LogP contribution in [-0.4, -0.2) is 22.7 Å². The summed E-state index contributed by atoms with van der Waals surface area (Å²) in [5.74, 6) is 0.610. The Hall–Kier alpha value is -3.08. The highest BCUT2D eigenvalue weighted by atomic mass is 16.5. The number of benzene rings is 2. The van der Waals surface area contributed by atoms with E-state index in [1.165, 1.54) is 13.3 Å². The van der Waals surface area contributed by atoms with Gasteiger partial charge in [0.1, 0.15) is 11.6 Å². The number of nitrogens with zero attached hydrogens (tertiary/aromatic N) is 2. The molecule has 0 aliphatic heterocycles. The molecule has 5 nitrogen and oxygen atoms in total. The fraction of sp³-hybridized carbons (Fsp3) is 0.0588.